The number of amides is 1. The second-order valence-corrected chi connectivity index (χ2v) is 3.22. The molecule has 19 heavy (non-hydrogen) atoms. The van der Waals surface area contributed by atoms with Crippen molar-refractivity contribution in [2.24, 2.45) is 25.9 Å². The Bertz CT molecular complexity index is 462. The lowest BCUT2D eigenvalue weighted by atomic mass is 10.3. The van der Waals surface area contributed by atoms with Crippen molar-refractivity contribution in [3.63, 3.8) is 0 Å². The van der Waals surface area contributed by atoms with Gasteiger partial charge in [0.1, 0.15) is 5.75 Å². The summed E-state index contributed by atoms with van der Waals surface area (Å²) >= 11 is 0. The molecule has 0 aromatic heterocycles. The molecule has 98 valence electrons. The number of carbonyl (C=O) groups excluding carboxylic acids is 1. The fraction of sp³-hybridized carbons (Fsp3) is 0.0909. The molecule has 8 nitrogen and oxygen atoms in total. The van der Waals surface area contributed by atoms with Gasteiger partial charge in [0.15, 0.2) is 0 Å². The second-order valence-electron chi connectivity index (χ2n) is 3.22. The van der Waals surface area contributed by atoms with E-state index in [1.54, 1.807) is 18.2 Å². The minimum absolute atomic E-state index is 0.115. The Labute approximate surface area is 109 Å². The molecule has 1 aromatic carbocycles. The number of rotatable bonds is 1. The van der Waals surface area contributed by atoms with Crippen molar-refractivity contribution in [3.05, 3.63) is 36.5 Å². The fourth-order valence-corrected chi connectivity index (χ4v) is 0.987. The highest BCUT2D eigenvalue weighted by Gasteiger charge is 1.93. The van der Waals surface area contributed by atoms with Crippen LogP contribution in [0.15, 0.2) is 62.4 Å². The average molecular weight is 260 g/mol. The van der Waals surface area contributed by atoms with Crippen molar-refractivity contribution in [2.75, 3.05) is 5.32 Å². The van der Waals surface area contributed by atoms with E-state index in [1.807, 2.05) is 0 Å². The Morgan fingerprint density at radius 2 is 1.89 bits per heavy atom. The molecule has 0 bridgehead atoms. The number of phenolic OH excluding ortho intramolecular Hbond substituents is 1. The average Bonchev–Trinajstić information content (AvgIpc) is 2.31. The van der Waals surface area contributed by atoms with E-state index in [9.17, 15) is 4.79 Å². The molecule has 1 heterocycles. The summed E-state index contributed by atoms with van der Waals surface area (Å²) < 4.78 is 0. The number of aromatic hydroxyl groups is 1. The first kappa shape index (κ1) is 14.2. The van der Waals surface area contributed by atoms with Crippen LogP contribution in [0.1, 0.15) is 6.92 Å². The standard InChI is InChI=1S/C8H9NO2.C3H3N5/c1-6(10)9-7-2-4-8(11)5-3-7;1-2-4-6-8-7-5-3-1/h2-5,11H,1H3,(H,9,10);1-3H/b;2-1-,3-1?,4-2?,5-3-,6-4-,7-5?,8-6?,8-7-. The molecule has 0 radical (unpaired) electrons. The number of nitrogens with one attached hydrogen (secondary N) is 1. The third-order valence-electron chi connectivity index (χ3n) is 1.68. The molecule has 0 aliphatic carbocycles. The Hall–Kier alpha value is -2.90. The molecular formula is C11H12N6O2. The highest BCUT2D eigenvalue weighted by Crippen LogP contribution is 2.13. The molecule has 1 aromatic rings. The van der Waals surface area contributed by atoms with Gasteiger partial charge in [0.2, 0.25) is 5.91 Å². The van der Waals surface area contributed by atoms with Crippen molar-refractivity contribution in [2.45, 2.75) is 6.92 Å². The number of hydrogen-bond donors (Lipinski definition) is 2. The van der Waals surface area contributed by atoms with Gasteiger partial charge in [-0.05, 0) is 46.0 Å². The Morgan fingerprint density at radius 1 is 1.16 bits per heavy atom. The monoisotopic (exact) mass is 260 g/mol. The Morgan fingerprint density at radius 3 is 2.58 bits per heavy atom. The van der Waals surface area contributed by atoms with E-state index >= 15 is 0 Å². The minimum atomic E-state index is -0.115. The van der Waals surface area contributed by atoms with Crippen molar-refractivity contribution >= 4 is 17.8 Å². The lowest BCUT2D eigenvalue weighted by Gasteiger charge is -1.99. The molecule has 0 atom stereocenters. The molecule has 0 fully saturated rings. The molecule has 2 rings (SSSR count). The number of hydrogen-bond acceptors (Lipinski definition) is 7. The summed E-state index contributed by atoms with van der Waals surface area (Å²) in [6.45, 7) is 1.44. The molecular weight excluding hydrogens is 248 g/mol. The van der Waals surface area contributed by atoms with E-state index in [4.69, 9.17) is 5.11 Å². The SMILES string of the molecule is C1=C\N=N/N=N\N=C/1.CC(=O)Nc1ccc(O)cc1. The molecule has 1 aliphatic heterocycles. The highest BCUT2D eigenvalue weighted by atomic mass is 16.3. The molecule has 0 unspecified atom stereocenters. The Kier molecular flexibility index (Phi) is 6.13. The largest absolute Gasteiger partial charge is 0.508 e. The van der Waals surface area contributed by atoms with Gasteiger partial charge >= 0.3 is 0 Å². The third-order valence-corrected chi connectivity index (χ3v) is 1.68. The Balaban J connectivity index is 0.000000200. The van der Waals surface area contributed by atoms with Crippen LogP contribution in [0.2, 0.25) is 0 Å². The summed E-state index contributed by atoms with van der Waals surface area (Å²) in [4.78, 5) is 10.5. The van der Waals surface area contributed by atoms with E-state index in [0.717, 1.165) is 0 Å². The van der Waals surface area contributed by atoms with Crippen LogP contribution in [0.4, 0.5) is 5.69 Å². The summed E-state index contributed by atoms with van der Waals surface area (Å²) in [7, 11) is 0. The quantitative estimate of drug-likeness (QED) is 0.756. The number of carbonyl (C=O) groups is 1. The van der Waals surface area contributed by atoms with Crippen LogP contribution in [0, 0.1) is 0 Å². The van der Waals surface area contributed by atoms with E-state index in [2.05, 4.69) is 31.2 Å². The van der Waals surface area contributed by atoms with Crippen LogP contribution in [0.3, 0.4) is 0 Å². The van der Waals surface area contributed by atoms with Crippen LogP contribution < -0.4 is 5.32 Å². The van der Waals surface area contributed by atoms with Gasteiger partial charge in [-0.15, -0.1) is 10.2 Å². The maximum Gasteiger partial charge on any atom is 0.221 e. The van der Waals surface area contributed by atoms with Crippen LogP contribution in [-0.4, -0.2) is 17.2 Å². The topological polar surface area (TPSA) is 111 Å². The van der Waals surface area contributed by atoms with Gasteiger partial charge < -0.3 is 10.4 Å². The highest BCUT2D eigenvalue weighted by molar-refractivity contribution is 5.88. The maximum atomic E-state index is 10.5. The van der Waals surface area contributed by atoms with Gasteiger partial charge in [0.05, 0.1) is 12.4 Å². The predicted molar refractivity (Wildman–Crippen MR) is 69.8 cm³/mol. The summed E-state index contributed by atoms with van der Waals surface area (Å²) in [6, 6.07) is 6.31. The van der Waals surface area contributed by atoms with E-state index < -0.39 is 0 Å². The zero-order chi connectivity index (χ0) is 13.9. The van der Waals surface area contributed by atoms with Gasteiger partial charge in [-0.2, -0.15) is 0 Å². The number of anilines is 1. The molecule has 1 aliphatic rings. The molecule has 0 saturated heterocycles. The van der Waals surface area contributed by atoms with Crippen molar-refractivity contribution < 1.29 is 9.90 Å². The van der Waals surface area contributed by atoms with E-state index in [0.29, 0.717) is 5.69 Å². The fourth-order valence-electron chi connectivity index (χ4n) is 0.987. The number of phenols is 1. The number of nitrogens with zero attached hydrogens (tertiary/aromatic N) is 5. The van der Waals surface area contributed by atoms with Gasteiger partial charge in [0, 0.05) is 12.6 Å². The lowest BCUT2D eigenvalue weighted by molar-refractivity contribution is -0.114. The zero-order valence-electron chi connectivity index (χ0n) is 10.1. The molecule has 1 amide bonds. The summed E-state index contributed by atoms with van der Waals surface area (Å²) in [5, 5.41) is 27.9. The van der Waals surface area contributed by atoms with Crippen molar-refractivity contribution in [3.8, 4) is 5.75 Å². The predicted octanol–water partition coefficient (Wildman–Crippen LogP) is 2.67. The molecule has 0 saturated carbocycles. The first-order chi connectivity index (χ1) is 9.18. The van der Waals surface area contributed by atoms with E-state index in [1.165, 1.54) is 31.5 Å². The van der Waals surface area contributed by atoms with Crippen molar-refractivity contribution in [1.29, 1.82) is 0 Å². The first-order valence-corrected chi connectivity index (χ1v) is 5.23. The normalized spacial score (nSPS) is 18.8. The van der Waals surface area contributed by atoms with Gasteiger partial charge in [0.25, 0.3) is 0 Å². The van der Waals surface area contributed by atoms with Crippen LogP contribution in [-0.2, 0) is 4.79 Å². The summed E-state index contributed by atoms with van der Waals surface area (Å²) in [5.74, 6) is 0.0785. The minimum Gasteiger partial charge on any atom is -0.508 e. The van der Waals surface area contributed by atoms with Gasteiger partial charge in [-0.3, -0.25) is 4.79 Å². The van der Waals surface area contributed by atoms with Crippen LogP contribution in [0.5, 0.6) is 5.75 Å². The summed E-state index contributed by atoms with van der Waals surface area (Å²) in [5.41, 5.74) is 0.690. The summed E-state index contributed by atoms with van der Waals surface area (Å²) in [6.07, 6.45) is 4.56. The van der Waals surface area contributed by atoms with Crippen LogP contribution >= 0.6 is 0 Å². The van der Waals surface area contributed by atoms with Crippen molar-refractivity contribution in [1.82, 2.24) is 0 Å². The second kappa shape index (κ2) is 8.23. The molecule has 8 heteroatoms. The zero-order valence-corrected chi connectivity index (χ0v) is 10.1. The number of benzene rings is 1. The van der Waals surface area contributed by atoms with Gasteiger partial charge in [-0.25, -0.2) is 0 Å². The molecule has 2 N–H and O–H groups in total. The molecule has 0 spiro atoms. The van der Waals surface area contributed by atoms with Gasteiger partial charge in [-0.1, -0.05) is 0 Å². The maximum absolute atomic E-state index is 10.5. The van der Waals surface area contributed by atoms with Crippen LogP contribution in [0.25, 0.3) is 0 Å². The first-order valence-electron chi connectivity index (χ1n) is 5.23. The lowest BCUT2D eigenvalue weighted by Crippen LogP contribution is -2.04. The smallest absolute Gasteiger partial charge is 0.221 e. The third kappa shape index (κ3) is 7.10. The number of allylic oxidation sites excluding steroid dienone is 1. The van der Waals surface area contributed by atoms with E-state index in [-0.39, 0.29) is 11.7 Å².